The minimum atomic E-state index is -1.02. The number of hydrogen-bond acceptors (Lipinski definition) is 4. The van der Waals surface area contributed by atoms with Gasteiger partial charge in [0.05, 0.1) is 0 Å². The average molecular weight is 311 g/mol. The fourth-order valence-corrected chi connectivity index (χ4v) is 2.15. The topological polar surface area (TPSA) is 75.6 Å². The summed E-state index contributed by atoms with van der Waals surface area (Å²) in [5.74, 6) is -0.176. The molecule has 0 aromatic heterocycles. The molecule has 0 fully saturated rings. The van der Waals surface area contributed by atoms with Gasteiger partial charge in [0.15, 0.2) is 6.61 Å². The van der Waals surface area contributed by atoms with E-state index in [-0.39, 0.29) is 6.61 Å². The Hall–Kier alpha value is -1.69. The summed E-state index contributed by atoms with van der Waals surface area (Å²) in [5.41, 5.74) is 2.23. The lowest BCUT2D eigenvalue weighted by molar-refractivity contribution is -0.142. The molecule has 1 unspecified atom stereocenters. The zero-order valence-electron chi connectivity index (χ0n) is 12.5. The van der Waals surface area contributed by atoms with E-state index in [0.717, 1.165) is 11.1 Å². The number of ether oxygens (including phenoxy) is 1. The summed E-state index contributed by atoms with van der Waals surface area (Å²) in [6.45, 7) is 3.77. The monoisotopic (exact) mass is 311 g/mol. The van der Waals surface area contributed by atoms with Crippen molar-refractivity contribution in [2.24, 2.45) is 0 Å². The molecule has 0 saturated carbocycles. The van der Waals surface area contributed by atoms with E-state index in [1.807, 2.05) is 32.2 Å². The number of benzene rings is 1. The van der Waals surface area contributed by atoms with E-state index in [2.05, 4.69) is 5.32 Å². The number of carboxylic acid groups (broad SMARTS) is 1. The highest BCUT2D eigenvalue weighted by Gasteiger charge is 2.19. The van der Waals surface area contributed by atoms with Gasteiger partial charge in [0, 0.05) is 0 Å². The van der Waals surface area contributed by atoms with Crippen LogP contribution in [0.1, 0.15) is 17.5 Å². The molecule has 2 N–H and O–H groups in total. The van der Waals surface area contributed by atoms with Crippen LogP contribution in [0.4, 0.5) is 0 Å². The van der Waals surface area contributed by atoms with Crippen molar-refractivity contribution in [1.29, 1.82) is 0 Å². The summed E-state index contributed by atoms with van der Waals surface area (Å²) >= 11 is 1.54. The first-order chi connectivity index (χ1) is 9.93. The van der Waals surface area contributed by atoms with E-state index in [1.165, 1.54) is 0 Å². The van der Waals surface area contributed by atoms with Gasteiger partial charge in [-0.15, -0.1) is 0 Å². The molecule has 116 valence electrons. The summed E-state index contributed by atoms with van der Waals surface area (Å²) in [7, 11) is 0. The maximum Gasteiger partial charge on any atom is 0.326 e. The van der Waals surface area contributed by atoms with E-state index in [9.17, 15) is 9.59 Å². The van der Waals surface area contributed by atoms with Gasteiger partial charge in [0.25, 0.3) is 5.91 Å². The third-order valence-corrected chi connectivity index (χ3v) is 3.74. The first kappa shape index (κ1) is 17.4. The second-order valence-electron chi connectivity index (χ2n) is 4.77. The predicted molar refractivity (Wildman–Crippen MR) is 84.0 cm³/mol. The molecule has 1 aromatic carbocycles. The van der Waals surface area contributed by atoms with Crippen LogP contribution in [0.25, 0.3) is 0 Å². The van der Waals surface area contributed by atoms with Gasteiger partial charge in [-0.3, -0.25) is 4.79 Å². The predicted octanol–water partition coefficient (Wildman–Crippen LogP) is 2.00. The lowest BCUT2D eigenvalue weighted by Gasteiger charge is -2.14. The van der Waals surface area contributed by atoms with Crippen molar-refractivity contribution in [1.82, 2.24) is 5.32 Å². The zero-order valence-corrected chi connectivity index (χ0v) is 13.3. The molecule has 0 spiro atoms. The normalized spacial score (nSPS) is 11.8. The smallest absolute Gasteiger partial charge is 0.326 e. The highest BCUT2D eigenvalue weighted by molar-refractivity contribution is 7.98. The Labute approximate surface area is 129 Å². The van der Waals surface area contributed by atoms with Crippen molar-refractivity contribution < 1.29 is 19.4 Å². The molecule has 21 heavy (non-hydrogen) atoms. The molecule has 6 heteroatoms. The van der Waals surface area contributed by atoms with E-state index in [0.29, 0.717) is 17.9 Å². The summed E-state index contributed by atoms with van der Waals surface area (Å²) in [4.78, 5) is 22.8. The highest BCUT2D eigenvalue weighted by Crippen LogP contribution is 2.16. The summed E-state index contributed by atoms with van der Waals surface area (Å²) in [6, 6.07) is 4.69. The Balaban J connectivity index is 2.48. The molecule has 5 nitrogen and oxygen atoms in total. The van der Waals surface area contributed by atoms with Crippen molar-refractivity contribution in [3.8, 4) is 5.75 Å². The molecular formula is C15H21NO4S. The first-order valence-corrected chi connectivity index (χ1v) is 8.04. The Morgan fingerprint density at radius 3 is 2.62 bits per heavy atom. The first-order valence-electron chi connectivity index (χ1n) is 6.65. The summed E-state index contributed by atoms with van der Waals surface area (Å²) < 4.78 is 5.38. The van der Waals surface area contributed by atoms with Gasteiger partial charge in [0.2, 0.25) is 0 Å². The van der Waals surface area contributed by atoms with Gasteiger partial charge >= 0.3 is 5.97 Å². The molecule has 0 radical (unpaired) electrons. The van der Waals surface area contributed by atoms with Crippen molar-refractivity contribution in [3.05, 3.63) is 29.3 Å². The molecule has 0 bridgehead atoms. The Kier molecular flexibility index (Phi) is 7.08. The zero-order chi connectivity index (χ0) is 15.8. The van der Waals surface area contributed by atoms with E-state index < -0.39 is 17.9 Å². The molecule has 1 rings (SSSR count). The molecule has 0 aliphatic heterocycles. The van der Waals surface area contributed by atoms with Crippen molar-refractivity contribution >= 4 is 23.6 Å². The fourth-order valence-electron chi connectivity index (χ4n) is 1.68. The largest absolute Gasteiger partial charge is 0.484 e. The molecule has 0 aliphatic rings. The lowest BCUT2D eigenvalue weighted by Crippen LogP contribution is -2.43. The number of aliphatic carboxylic acids is 1. The van der Waals surface area contributed by atoms with E-state index in [4.69, 9.17) is 9.84 Å². The highest BCUT2D eigenvalue weighted by atomic mass is 32.2. The second-order valence-corrected chi connectivity index (χ2v) is 5.76. The number of amides is 1. The van der Waals surface area contributed by atoms with Crippen LogP contribution >= 0.6 is 11.8 Å². The maximum absolute atomic E-state index is 11.7. The van der Waals surface area contributed by atoms with Gasteiger partial charge in [-0.2, -0.15) is 11.8 Å². The third kappa shape index (κ3) is 6.08. The molecule has 0 heterocycles. The molecule has 1 atom stereocenters. The van der Waals surface area contributed by atoms with Crippen LogP contribution in [0.2, 0.25) is 0 Å². The number of carbonyl (C=O) groups is 2. The Bertz CT molecular complexity index is 504. The number of aryl methyl sites for hydroxylation is 2. The van der Waals surface area contributed by atoms with E-state index in [1.54, 1.807) is 17.8 Å². The van der Waals surface area contributed by atoms with Crippen LogP contribution in [0.15, 0.2) is 18.2 Å². The van der Waals surface area contributed by atoms with E-state index >= 15 is 0 Å². The SMILES string of the molecule is CSCCC(NC(=O)COc1ccc(C)c(C)c1)C(=O)O. The van der Waals surface area contributed by atoms with Crippen LogP contribution in [-0.4, -0.2) is 41.6 Å². The minimum Gasteiger partial charge on any atom is -0.484 e. The average Bonchev–Trinajstić information content (AvgIpc) is 2.44. The van der Waals surface area contributed by atoms with Gasteiger partial charge in [-0.05, 0) is 55.5 Å². The van der Waals surface area contributed by atoms with Crippen molar-refractivity contribution in [3.63, 3.8) is 0 Å². The maximum atomic E-state index is 11.7. The fraction of sp³-hybridized carbons (Fsp3) is 0.467. The number of rotatable bonds is 8. The summed E-state index contributed by atoms with van der Waals surface area (Å²) in [5, 5.41) is 11.5. The quantitative estimate of drug-likeness (QED) is 0.768. The van der Waals surface area contributed by atoms with Gasteiger partial charge in [-0.1, -0.05) is 6.07 Å². The van der Waals surface area contributed by atoms with Gasteiger partial charge < -0.3 is 15.2 Å². The minimum absolute atomic E-state index is 0.189. The lowest BCUT2D eigenvalue weighted by atomic mass is 10.1. The summed E-state index contributed by atoms with van der Waals surface area (Å²) in [6.07, 6.45) is 2.29. The second kappa shape index (κ2) is 8.56. The third-order valence-electron chi connectivity index (χ3n) is 3.09. The number of thioether (sulfide) groups is 1. The number of hydrogen-bond donors (Lipinski definition) is 2. The molecule has 0 saturated heterocycles. The van der Waals surface area contributed by atoms with Crippen LogP contribution < -0.4 is 10.1 Å². The Morgan fingerprint density at radius 1 is 1.33 bits per heavy atom. The number of nitrogens with one attached hydrogen (secondary N) is 1. The van der Waals surface area contributed by atoms with Crippen LogP contribution in [0, 0.1) is 13.8 Å². The van der Waals surface area contributed by atoms with Crippen LogP contribution in [-0.2, 0) is 9.59 Å². The number of carbonyl (C=O) groups excluding carboxylic acids is 1. The molecular weight excluding hydrogens is 290 g/mol. The Morgan fingerprint density at radius 2 is 2.05 bits per heavy atom. The molecule has 1 amide bonds. The van der Waals surface area contributed by atoms with Crippen LogP contribution in [0.5, 0.6) is 5.75 Å². The van der Waals surface area contributed by atoms with Gasteiger partial charge in [0.1, 0.15) is 11.8 Å². The molecule has 1 aromatic rings. The molecule has 0 aliphatic carbocycles. The standard InChI is InChI=1S/C15H21NO4S/c1-10-4-5-12(8-11(10)2)20-9-14(17)16-13(15(18)19)6-7-21-3/h4-5,8,13H,6-7,9H2,1-3H3,(H,16,17)(H,18,19). The van der Waals surface area contributed by atoms with Crippen molar-refractivity contribution in [2.45, 2.75) is 26.3 Å². The van der Waals surface area contributed by atoms with Crippen molar-refractivity contribution in [2.75, 3.05) is 18.6 Å². The number of carboxylic acids is 1. The van der Waals surface area contributed by atoms with Crippen LogP contribution in [0.3, 0.4) is 0 Å². The van der Waals surface area contributed by atoms with Gasteiger partial charge in [-0.25, -0.2) is 4.79 Å².